The Hall–Kier alpha value is -1.72. The van der Waals surface area contributed by atoms with Gasteiger partial charge in [-0.3, -0.25) is 4.98 Å². The van der Waals surface area contributed by atoms with Crippen molar-refractivity contribution in [1.82, 2.24) is 10.3 Å². The Balaban J connectivity index is 1.58. The highest BCUT2D eigenvalue weighted by Gasteiger charge is 2.10. The zero-order valence-electron chi connectivity index (χ0n) is 16.1. The summed E-state index contributed by atoms with van der Waals surface area (Å²) in [7, 11) is -2.53. The smallest absolute Gasteiger partial charge is 0.311 e. The standard InChI is InChI=1S/C21H28FN2O3P/c22-21-15-20(17-23-13-8-14-27-28(25)26)24-16-19(21)12-7-2-1-4-9-18-10-5-3-6-11-18/h3,5-6,10-11,15-16,23H,1-2,4,7-9,12-14,17H2/p+1. The van der Waals surface area contributed by atoms with Crippen molar-refractivity contribution in [3.63, 3.8) is 0 Å². The highest BCUT2D eigenvalue weighted by molar-refractivity contribution is 7.32. The quantitative estimate of drug-likeness (QED) is 0.350. The fourth-order valence-electron chi connectivity index (χ4n) is 2.98. The minimum atomic E-state index is -2.53. The summed E-state index contributed by atoms with van der Waals surface area (Å²) in [5.41, 5.74) is 2.70. The number of hydrogen-bond donors (Lipinski definition) is 2. The van der Waals surface area contributed by atoms with E-state index < -0.39 is 8.25 Å². The van der Waals surface area contributed by atoms with E-state index in [9.17, 15) is 8.96 Å². The summed E-state index contributed by atoms with van der Waals surface area (Å²) in [6.45, 7) is 1.28. The lowest BCUT2D eigenvalue weighted by atomic mass is 10.0. The van der Waals surface area contributed by atoms with Crippen molar-refractivity contribution in [3.05, 3.63) is 65.2 Å². The fourth-order valence-corrected chi connectivity index (χ4v) is 3.26. The molecule has 0 bridgehead atoms. The van der Waals surface area contributed by atoms with Crippen molar-refractivity contribution >= 4 is 8.25 Å². The average Bonchev–Trinajstić information content (AvgIpc) is 2.69. The van der Waals surface area contributed by atoms with Gasteiger partial charge >= 0.3 is 8.25 Å². The number of nitrogens with one attached hydrogen (secondary N) is 1. The molecule has 0 radical (unpaired) electrons. The van der Waals surface area contributed by atoms with Crippen LogP contribution >= 0.6 is 8.25 Å². The summed E-state index contributed by atoms with van der Waals surface area (Å²) in [5, 5.41) is 3.12. The lowest BCUT2D eigenvalue weighted by molar-refractivity contribution is 0.276. The molecule has 0 saturated carbocycles. The summed E-state index contributed by atoms with van der Waals surface area (Å²) >= 11 is 0. The van der Waals surface area contributed by atoms with Crippen molar-refractivity contribution in [1.29, 1.82) is 0 Å². The average molecular weight is 407 g/mol. The molecule has 5 nitrogen and oxygen atoms in total. The van der Waals surface area contributed by atoms with Gasteiger partial charge in [0.1, 0.15) is 12.4 Å². The van der Waals surface area contributed by atoms with E-state index in [4.69, 9.17) is 4.89 Å². The summed E-state index contributed by atoms with van der Waals surface area (Å²) in [6, 6.07) is 12.0. The minimum absolute atomic E-state index is 0.198. The number of nitrogens with zero attached hydrogens (tertiary/aromatic N) is 1. The first-order valence-corrected chi connectivity index (χ1v) is 10.9. The Morgan fingerprint density at radius 1 is 1.07 bits per heavy atom. The number of rotatable bonds is 14. The Morgan fingerprint density at radius 3 is 2.54 bits per heavy atom. The molecule has 0 aliphatic rings. The summed E-state index contributed by atoms with van der Waals surface area (Å²) in [4.78, 5) is 12.8. The normalized spacial score (nSPS) is 11.6. The van der Waals surface area contributed by atoms with Crippen molar-refractivity contribution in [3.8, 4) is 0 Å². The van der Waals surface area contributed by atoms with Crippen molar-refractivity contribution < 1.29 is 18.4 Å². The summed E-state index contributed by atoms with van der Waals surface area (Å²) in [5.74, 6) is -0.198. The van der Waals surface area contributed by atoms with Gasteiger partial charge in [0.15, 0.2) is 0 Å². The Morgan fingerprint density at radius 2 is 1.82 bits per heavy atom. The van der Waals surface area contributed by atoms with Gasteiger partial charge in [0, 0.05) is 22.9 Å². The third-order valence-electron chi connectivity index (χ3n) is 4.50. The van der Waals surface area contributed by atoms with Gasteiger partial charge in [-0.25, -0.2) is 4.39 Å². The van der Waals surface area contributed by atoms with E-state index in [-0.39, 0.29) is 12.4 Å². The lowest BCUT2D eigenvalue weighted by Crippen LogP contribution is -2.17. The van der Waals surface area contributed by atoms with E-state index in [0.29, 0.717) is 37.2 Å². The van der Waals surface area contributed by atoms with Crippen LogP contribution in [0, 0.1) is 5.82 Å². The Labute approximate surface area is 167 Å². The monoisotopic (exact) mass is 407 g/mol. The molecule has 2 N–H and O–H groups in total. The molecule has 1 heterocycles. The van der Waals surface area contributed by atoms with Gasteiger partial charge in [-0.2, -0.15) is 0 Å². The van der Waals surface area contributed by atoms with Gasteiger partial charge in [-0.15, -0.1) is 9.42 Å². The maximum absolute atomic E-state index is 14.2. The lowest BCUT2D eigenvalue weighted by Gasteiger charge is -2.07. The van der Waals surface area contributed by atoms with Crippen LogP contribution in [-0.2, 0) is 28.5 Å². The number of benzene rings is 1. The first-order chi connectivity index (χ1) is 13.6. The second-order valence-electron chi connectivity index (χ2n) is 6.77. The predicted octanol–water partition coefficient (Wildman–Crippen LogP) is 4.71. The number of aromatic nitrogens is 1. The Kier molecular flexibility index (Phi) is 10.8. The number of unbranched alkanes of at least 4 members (excludes halogenated alkanes) is 3. The molecule has 0 saturated heterocycles. The second kappa shape index (κ2) is 13.5. The molecule has 0 amide bonds. The van der Waals surface area contributed by atoms with Crippen LogP contribution < -0.4 is 5.32 Å². The highest BCUT2D eigenvalue weighted by Crippen LogP contribution is 2.15. The second-order valence-corrected chi connectivity index (χ2v) is 7.50. The van der Waals surface area contributed by atoms with E-state index in [2.05, 4.69) is 39.1 Å². The molecular formula is C21H29FN2O3P+. The molecule has 152 valence electrons. The molecule has 2 aromatic rings. The van der Waals surface area contributed by atoms with Crippen LogP contribution in [0.2, 0.25) is 0 Å². The molecule has 7 heteroatoms. The molecule has 28 heavy (non-hydrogen) atoms. The van der Waals surface area contributed by atoms with Gasteiger partial charge < -0.3 is 5.32 Å². The first kappa shape index (κ1) is 22.6. The maximum Gasteiger partial charge on any atom is 0.694 e. The minimum Gasteiger partial charge on any atom is -0.311 e. The van der Waals surface area contributed by atoms with Crippen LogP contribution in [0.25, 0.3) is 0 Å². The highest BCUT2D eigenvalue weighted by atomic mass is 31.1. The van der Waals surface area contributed by atoms with Gasteiger partial charge in [-0.1, -0.05) is 43.2 Å². The summed E-state index contributed by atoms with van der Waals surface area (Å²) < 4.78 is 29.1. The van der Waals surface area contributed by atoms with E-state index in [1.165, 1.54) is 11.6 Å². The van der Waals surface area contributed by atoms with Crippen LogP contribution in [0.15, 0.2) is 42.6 Å². The molecule has 0 fully saturated rings. The molecule has 0 aliphatic carbocycles. The van der Waals surface area contributed by atoms with Gasteiger partial charge in [0.05, 0.1) is 5.69 Å². The van der Waals surface area contributed by atoms with Crippen LogP contribution in [-0.4, -0.2) is 23.0 Å². The third-order valence-corrected chi connectivity index (χ3v) is 4.90. The fraction of sp³-hybridized carbons (Fsp3) is 0.476. The molecule has 1 unspecified atom stereocenters. The summed E-state index contributed by atoms with van der Waals surface area (Å²) in [6.07, 6.45) is 8.43. The molecule has 1 aromatic carbocycles. The van der Waals surface area contributed by atoms with E-state index in [0.717, 1.165) is 32.1 Å². The van der Waals surface area contributed by atoms with E-state index in [1.807, 2.05) is 6.07 Å². The number of pyridine rings is 1. The zero-order chi connectivity index (χ0) is 20.0. The molecule has 0 spiro atoms. The maximum atomic E-state index is 14.2. The molecule has 1 aromatic heterocycles. The largest absolute Gasteiger partial charge is 0.694 e. The topological polar surface area (TPSA) is 71.5 Å². The van der Waals surface area contributed by atoms with Crippen molar-refractivity contribution in [2.45, 2.75) is 51.5 Å². The molecule has 2 rings (SSSR count). The number of aryl methyl sites for hydroxylation is 2. The number of hydrogen-bond acceptors (Lipinski definition) is 4. The van der Waals surface area contributed by atoms with E-state index >= 15 is 0 Å². The van der Waals surface area contributed by atoms with Gasteiger partial charge in [-0.05, 0) is 50.3 Å². The van der Waals surface area contributed by atoms with Crippen LogP contribution in [0.4, 0.5) is 4.39 Å². The zero-order valence-corrected chi connectivity index (χ0v) is 17.0. The molecular weight excluding hydrogens is 378 g/mol. The molecule has 1 atom stereocenters. The first-order valence-electron chi connectivity index (χ1n) is 9.82. The van der Waals surface area contributed by atoms with E-state index in [1.54, 1.807) is 6.20 Å². The third kappa shape index (κ3) is 9.47. The van der Waals surface area contributed by atoms with Gasteiger partial charge in [0.2, 0.25) is 0 Å². The predicted molar refractivity (Wildman–Crippen MR) is 109 cm³/mol. The van der Waals surface area contributed by atoms with Crippen LogP contribution in [0.5, 0.6) is 0 Å². The Bertz CT molecular complexity index is 716. The van der Waals surface area contributed by atoms with Crippen LogP contribution in [0.1, 0.15) is 48.9 Å². The molecule has 0 aliphatic heterocycles. The van der Waals surface area contributed by atoms with Crippen molar-refractivity contribution in [2.75, 3.05) is 13.2 Å². The SMILES string of the molecule is O=[P+](O)OCCCNCc1cc(F)c(CCCCCCc2ccccc2)cn1. The number of halogens is 1. The van der Waals surface area contributed by atoms with Crippen LogP contribution in [0.3, 0.4) is 0 Å². The van der Waals surface area contributed by atoms with Crippen molar-refractivity contribution in [2.24, 2.45) is 0 Å². The van der Waals surface area contributed by atoms with Gasteiger partial charge in [0.25, 0.3) is 0 Å².